The molecule has 0 spiro atoms. The summed E-state index contributed by atoms with van der Waals surface area (Å²) in [6.07, 6.45) is 3.91. The minimum absolute atomic E-state index is 1.10. The molecule has 0 aliphatic carbocycles. The van der Waals surface area contributed by atoms with Crippen LogP contribution < -0.4 is 0 Å². The molecule has 3 rings (SSSR count). The van der Waals surface area contributed by atoms with Crippen LogP contribution in [0.25, 0.3) is 16.8 Å². The highest BCUT2D eigenvalue weighted by molar-refractivity contribution is 9.10. The molecule has 2 aromatic heterocycles. The summed E-state index contributed by atoms with van der Waals surface area (Å²) in [5.41, 5.74) is 3.52. The monoisotopic (exact) mass is 275 g/mol. The Labute approximate surface area is 101 Å². The summed E-state index contributed by atoms with van der Waals surface area (Å²) in [6.45, 7) is 0. The van der Waals surface area contributed by atoms with Crippen LogP contribution in [-0.2, 0) is 7.05 Å². The van der Waals surface area contributed by atoms with Crippen molar-refractivity contribution in [1.82, 2.24) is 14.2 Å². The molecular formula is C12H10BrN3. The van der Waals surface area contributed by atoms with Gasteiger partial charge in [0.15, 0.2) is 0 Å². The van der Waals surface area contributed by atoms with E-state index in [1.54, 1.807) is 0 Å². The molecular weight excluding hydrogens is 266 g/mol. The SMILES string of the molecule is Cn1ncn2cc(-c3ccc(Br)cc3)cc12. The van der Waals surface area contributed by atoms with Crippen molar-refractivity contribution in [1.29, 1.82) is 0 Å². The van der Waals surface area contributed by atoms with Crippen molar-refractivity contribution in [3.8, 4) is 11.1 Å². The van der Waals surface area contributed by atoms with E-state index >= 15 is 0 Å². The molecule has 0 saturated carbocycles. The van der Waals surface area contributed by atoms with E-state index in [1.807, 2.05) is 22.5 Å². The third kappa shape index (κ3) is 1.46. The molecule has 0 saturated heterocycles. The molecule has 0 atom stereocenters. The Hall–Kier alpha value is -1.55. The Morgan fingerprint density at radius 1 is 1.12 bits per heavy atom. The maximum absolute atomic E-state index is 4.18. The second-order valence-electron chi connectivity index (χ2n) is 3.76. The number of rotatable bonds is 1. The van der Waals surface area contributed by atoms with E-state index < -0.39 is 0 Å². The lowest BCUT2D eigenvalue weighted by Gasteiger charge is -1.96. The number of hydrogen-bond donors (Lipinski definition) is 0. The molecule has 4 heteroatoms. The molecule has 1 aromatic carbocycles. The van der Waals surface area contributed by atoms with Gasteiger partial charge in [-0.05, 0) is 23.8 Å². The fourth-order valence-corrected chi connectivity index (χ4v) is 2.08. The maximum atomic E-state index is 4.18. The van der Waals surface area contributed by atoms with Gasteiger partial charge in [-0.15, -0.1) is 0 Å². The Bertz CT molecular complexity index is 634. The van der Waals surface area contributed by atoms with Crippen LogP contribution in [0, 0.1) is 0 Å². The second kappa shape index (κ2) is 3.49. The van der Waals surface area contributed by atoms with Gasteiger partial charge in [0, 0.05) is 23.3 Å². The van der Waals surface area contributed by atoms with Gasteiger partial charge < -0.3 is 0 Å². The van der Waals surface area contributed by atoms with Gasteiger partial charge in [0.2, 0.25) is 0 Å². The molecule has 0 N–H and O–H groups in total. The van der Waals surface area contributed by atoms with Gasteiger partial charge in [-0.3, -0.25) is 9.08 Å². The first-order valence-corrected chi connectivity index (χ1v) is 5.79. The van der Waals surface area contributed by atoms with Gasteiger partial charge in [0.25, 0.3) is 0 Å². The normalized spacial score (nSPS) is 11.1. The van der Waals surface area contributed by atoms with Gasteiger partial charge >= 0.3 is 0 Å². The number of benzene rings is 1. The molecule has 0 unspecified atom stereocenters. The Balaban J connectivity index is 2.15. The summed E-state index contributed by atoms with van der Waals surface area (Å²) in [7, 11) is 1.95. The number of aryl methyl sites for hydroxylation is 1. The van der Waals surface area contributed by atoms with Gasteiger partial charge in [0.05, 0.1) is 0 Å². The van der Waals surface area contributed by atoms with Crippen molar-refractivity contribution in [3.63, 3.8) is 0 Å². The molecule has 0 fully saturated rings. The minimum atomic E-state index is 1.10. The van der Waals surface area contributed by atoms with E-state index in [0.29, 0.717) is 0 Å². The fourth-order valence-electron chi connectivity index (χ4n) is 1.81. The Kier molecular flexibility index (Phi) is 2.11. The van der Waals surface area contributed by atoms with E-state index in [2.05, 4.69) is 57.6 Å². The van der Waals surface area contributed by atoms with Crippen LogP contribution in [0.15, 0.2) is 47.3 Å². The molecule has 3 nitrogen and oxygen atoms in total. The Morgan fingerprint density at radius 2 is 1.88 bits per heavy atom. The van der Waals surface area contributed by atoms with E-state index in [0.717, 1.165) is 10.1 Å². The molecule has 2 heterocycles. The highest BCUT2D eigenvalue weighted by Crippen LogP contribution is 2.23. The molecule has 16 heavy (non-hydrogen) atoms. The van der Waals surface area contributed by atoms with Crippen LogP contribution >= 0.6 is 15.9 Å². The zero-order chi connectivity index (χ0) is 11.1. The minimum Gasteiger partial charge on any atom is -0.290 e. The lowest BCUT2D eigenvalue weighted by molar-refractivity contribution is 0.797. The molecule has 0 radical (unpaired) electrons. The highest BCUT2D eigenvalue weighted by Gasteiger charge is 2.04. The molecule has 80 valence electrons. The lowest BCUT2D eigenvalue weighted by atomic mass is 10.1. The number of aromatic nitrogens is 3. The average molecular weight is 276 g/mol. The summed E-state index contributed by atoms with van der Waals surface area (Å²) in [5, 5.41) is 4.18. The van der Waals surface area contributed by atoms with E-state index in [1.165, 1.54) is 11.1 Å². The summed E-state index contributed by atoms with van der Waals surface area (Å²) >= 11 is 3.44. The summed E-state index contributed by atoms with van der Waals surface area (Å²) in [6, 6.07) is 10.4. The number of halogens is 1. The predicted octanol–water partition coefficient (Wildman–Crippen LogP) is 3.10. The van der Waals surface area contributed by atoms with Gasteiger partial charge in [-0.2, -0.15) is 5.10 Å². The quantitative estimate of drug-likeness (QED) is 0.669. The van der Waals surface area contributed by atoms with Crippen molar-refractivity contribution in [2.45, 2.75) is 0 Å². The van der Waals surface area contributed by atoms with Crippen molar-refractivity contribution in [3.05, 3.63) is 47.3 Å². The molecule has 0 aliphatic heterocycles. The largest absolute Gasteiger partial charge is 0.290 e. The number of hydrogen-bond acceptors (Lipinski definition) is 1. The number of nitrogens with zero attached hydrogens (tertiary/aromatic N) is 3. The van der Waals surface area contributed by atoms with Gasteiger partial charge in [0.1, 0.15) is 12.0 Å². The zero-order valence-corrected chi connectivity index (χ0v) is 10.3. The fraction of sp³-hybridized carbons (Fsp3) is 0.0833. The average Bonchev–Trinajstić information content (AvgIpc) is 2.83. The van der Waals surface area contributed by atoms with Gasteiger partial charge in [-0.1, -0.05) is 28.1 Å². The lowest BCUT2D eigenvalue weighted by Crippen LogP contribution is -1.87. The second-order valence-corrected chi connectivity index (χ2v) is 4.67. The van der Waals surface area contributed by atoms with Crippen LogP contribution in [0.2, 0.25) is 0 Å². The van der Waals surface area contributed by atoms with E-state index in [9.17, 15) is 0 Å². The van der Waals surface area contributed by atoms with Crippen LogP contribution in [0.3, 0.4) is 0 Å². The molecule has 0 amide bonds. The van der Waals surface area contributed by atoms with Crippen molar-refractivity contribution >= 4 is 21.6 Å². The topological polar surface area (TPSA) is 22.2 Å². The van der Waals surface area contributed by atoms with E-state index in [-0.39, 0.29) is 0 Å². The van der Waals surface area contributed by atoms with Crippen LogP contribution in [0.1, 0.15) is 0 Å². The van der Waals surface area contributed by atoms with E-state index in [4.69, 9.17) is 0 Å². The molecule has 0 aliphatic rings. The highest BCUT2D eigenvalue weighted by atomic mass is 79.9. The summed E-state index contributed by atoms with van der Waals surface area (Å²) < 4.78 is 4.99. The third-order valence-corrected chi connectivity index (χ3v) is 3.21. The number of fused-ring (bicyclic) bond motifs is 1. The third-order valence-electron chi connectivity index (χ3n) is 2.69. The molecule has 0 bridgehead atoms. The predicted molar refractivity (Wildman–Crippen MR) is 67.3 cm³/mol. The van der Waals surface area contributed by atoms with Crippen molar-refractivity contribution < 1.29 is 0 Å². The van der Waals surface area contributed by atoms with Crippen LogP contribution in [0.4, 0.5) is 0 Å². The smallest absolute Gasteiger partial charge is 0.134 e. The first kappa shape index (κ1) is 9.66. The first-order chi connectivity index (χ1) is 7.74. The summed E-state index contributed by atoms with van der Waals surface area (Å²) in [5.74, 6) is 0. The van der Waals surface area contributed by atoms with Crippen LogP contribution in [-0.4, -0.2) is 14.2 Å². The summed E-state index contributed by atoms with van der Waals surface area (Å²) in [4.78, 5) is 0. The zero-order valence-electron chi connectivity index (χ0n) is 8.76. The van der Waals surface area contributed by atoms with Crippen molar-refractivity contribution in [2.24, 2.45) is 7.05 Å². The van der Waals surface area contributed by atoms with Crippen LogP contribution in [0.5, 0.6) is 0 Å². The Morgan fingerprint density at radius 3 is 2.56 bits per heavy atom. The standard InChI is InChI=1S/C12H10BrN3/c1-15-12-6-10(7-16(12)8-14-15)9-2-4-11(13)5-3-9/h2-8H,1H3. The maximum Gasteiger partial charge on any atom is 0.134 e. The first-order valence-electron chi connectivity index (χ1n) is 5.00. The van der Waals surface area contributed by atoms with Gasteiger partial charge in [-0.25, -0.2) is 0 Å². The van der Waals surface area contributed by atoms with Crippen molar-refractivity contribution in [2.75, 3.05) is 0 Å². The molecule has 3 aromatic rings.